The van der Waals surface area contributed by atoms with Crippen LogP contribution >= 0.6 is 11.3 Å². The van der Waals surface area contributed by atoms with Crippen molar-refractivity contribution in [2.75, 3.05) is 13.8 Å². The molecule has 114 valence electrons. The van der Waals surface area contributed by atoms with E-state index in [1.165, 1.54) is 37.2 Å². The Bertz CT molecular complexity index is 617. The number of carbonyl (C=O) groups is 2. The Hall–Kier alpha value is -2.02. The number of carboxylic acids is 1. The van der Waals surface area contributed by atoms with Crippen molar-refractivity contribution >= 4 is 28.8 Å². The molecule has 1 amide bonds. The lowest BCUT2D eigenvalue weighted by molar-refractivity contribution is -0.160. The largest absolute Gasteiger partial charge is 0.495 e. The van der Waals surface area contributed by atoms with E-state index in [4.69, 9.17) is 9.47 Å². The van der Waals surface area contributed by atoms with Gasteiger partial charge in [0.2, 0.25) is 0 Å². The smallest absolute Gasteiger partial charge is 0.329 e. The maximum Gasteiger partial charge on any atom is 0.329 e. The summed E-state index contributed by atoms with van der Waals surface area (Å²) in [5.74, 6) is -0.414. The van der Waals surface area contributed by atoms with Gasteiger partial charge in [-0.15, -0.1) is 11.3 Å². The highest BCUT2D eigenvalue weighted by molar-refractivity contribution is 7.12. The van der Waals surface area contributed by atoms with Gasteiger partial charge in [0.25, 0.3) is 5.91 Å². The maximum atomic E-state index is 12.7. The van der Waals surface area contributed by atoms with Crippen molar-refractivity contribution in [2.24, 2.45) is 0 Å². The Morgan fingerprint density at radius 2 is 2.19 bits per heavy atom. The minimum Gasteiger partial charge on any atom is -0.495 e. The zero-order valence-electron chi connectivity index (χ0n) is 12.3. The molecule has 1 aromatic rings. The van der Waals surface area contributed by atoms with E-state index < -0.39 is 11.5 Å². The lowest BCUT2D eigenvalue weighted by Crippen LogP contribution is -2.55. The Morgan fingerprint density at radius 1 is 1.52 bits per heavy atom. The van der Waals surface area contributed by atoms with Crippen LogP contribution < -0.4 is 4.74 Å². The number of hydrogen-bond acceptors (Lipinski definition) is 5. The summed E-state index contributed by atoms with van der Waals surface area (Å²) in [6, 6.07) is 1.76. The van der Waals surface area contributed by atoms with Crippen molar-refractivity contribution in [1.82, 2.24) is 4.90 Å². The third-order valence-electron chi connectivity index (χ3n) is 3.50. The second kappa shape index (κ2) is 5.40. The summed E-state index contributed by atoms with van der Waals surface area (Å²) in [6.07, 6.45) is 0. The van der Waals surface area contributed by atoms with Gasteiger partial charge in [-0.05, 0) is 32.2 Å². The van der Waals surface area contributed by atoms with Crippen LogP contribution in [0.5, 0.6) is 5.75 Å². The zero-order chi connectivity index (χ0) is 15.8. The highest BCUT2D eigenvalue weighted by Gasteiger charge is 2.43. The molecule has 1 aliphatic heterocycles. The standard InChI is InChI=1S/C14H17NO5S/c1-8-10(11-9(19-4)5-6-21-11)12(16)15(7-20-8)14(2,3)13(17)18/h5-6H,7H2,1-4H3,(H,17,18). The number of methoxy groups -OCH3 is 1. The molecule has 1 N–H and O–H groups in total. The average Bonchev–Trinajstić information content (AvgIpc) is 2.86. The van der Waals surface area contributed by atoms with Gasteiger partial charge in [-0.3, -0.25) is 9.69 Å². The molecule has 6 nitrogen and oxygen atoms in total. The Morgan fingerprint density at radius 3 is 2.76 bits per heavy atom. The molecule has 2 heterocycles. The SMILES string of the molecule is COc1ccsc1C1=C(C)OCN(C(C)(C)C(=O)O)C1=O. The molecule has 0 spiro atoms. The summed E-state index contributed by atoms with van der Waals surface area (Å²) in [5, 5.41) is 11.1. The van der Waals surface area contributed by atoms with Crippen LogP contribution in [-0.2, 0) is 14.3 Å². The highest BCUT2D eigenvalue weighted by Crippen LogP contribution is 2.38. The molecule has 0 unspecified atom stereocenters. The van der Waals surface area contributed by atoms with Gasteiger partial charge < -0.3 is 14.6 Å². The molecule has 1 aliphatic rings. The topological polar surface area (TPSA) is 76.1 Å². The molecule has 0 saturated heterocycles. The van der Waals surface area contributed by atoms with Crippen LogP contribution in [0.15, 0.2) is 17.2 Å². The van der Waals surface area contributed by atoms with E-state index in [0.29, 0.717) is 22.0 Å². The third-order valence-corrected chi connectivity index (χ3v) is 4.41. The summed E-state index contributed by atoms with van der Waals surface area (Å²) in [6.45, 7) is 4.56. The van der Waals surface area contributed by atoms with Gasteiger partial charge in [-0.1, -0.05) is 0 Å². The lowest BCUT2D eigenvalue weighted by atomic mass is 10.0. The van der Waals surface area contributed by atoms with E-state index in [0.717, 1.165) is 0 Å². The van der Waals surface area contributed by atoms with Crippen LogP contribution in [0, 0.1) is 0 Å². The molecule has 7 heteroatoms. The monoisotopic (exact) mass is 311 g/mol. The summed E-state index contributed by atoms with van der Waals surface area (Å²) in [7, 11) is 1.52. The van der Waals surface area contributed by atoms with Crippen molar-refractivity contribution in [2.45, 2.75) is 26.3 Å². The molecule has 0 fully saturated rings. The molecule has 0 atom stereocenters. The number of hydrogen-bond donors (Lipinski definition) is 1. The summed E-state index contributed by atoms with van der Waals surface area (Å²) in [5.41, 5.74) is -1.00. The fourth-order valence-corrected chi connectivity index (χ4v) is 2.95. The van der Waals surface area contributed by atoms with Crippen LogP contribution in [-0.4, -0.2) is 41.3 Å². The predicted molar refractivity (Wildman–Crippen MR) is 78.0 cm³/mol. The third kappa shape index (κ3) is 2.49. The molecule has 0 aliphatic carbocycles. The quantitative estimate of drug-likeness (QED) is 0.922. The van der Waals surface area contributed by atoms with Crippen LogP contribution in [0.1, 0.15) is 25.6 Å². The van der Waals surface area contributed by atoms with E-state index >= 15 is 0 Å². The van der Waals surface area contributed by atoms with Crippen molar-refractivity contribution < 1.29 is 24.2 Å². The first-order chi connectivity index (χ1) is 9.80. The van der Waals surface area contributed by atoms with Gasteiger partial charge >= 0.3 is 5.97 Å². The van der Waals surface area contributed by atoms with E-state index in [1.807, 2.05) is 5.38 Å². The van der Waals surface area contributed by atoms with Gasteiger partial charge in [0.15, 0.2) is 6.73 Å². The van der Waals surface area contributed by atoms with Gasteiger partial charge in [-0.2, -0.15) is 0 Å². The van der Waals surface area contributed by atoms with Crippen LogP contribution in [0.2, 0.25) is 0 Å². The highest BCUT2D eigenvalue weighted by atomic mass is 32.1. The normalized spacial score (nSPS) is 16.0. The summed E-state index contributed by atoms with van der Waals surface area (Å²) < 4.78 is 10.7. The van der Waals surface area contributed by atoms with Crippen molar-refractivity contribution in [3.05, 3.63) is 22.1 Å². The molecule has 21 heavy (non-hydrogen) atoms. The molecule has 0 aromatic carbocycles. The van der Waals surface area contributed by atoms with Crippen molar-refractivity contribution in [3.63, 3.8) is 0 Å². The van der Waals surface area contributed by atoms with E-state index in [9.17, 15) is 14.7 Å². The summed E-state index contributed by atoms with van der Waals surface area (Å²) >= 11 is 1.35. The Labute approximate surface area is 126 Å². The number of nitrogens with zero attached hydrogens (tertiary/aromatic N) is 1. The lowest BCUT2D eigenvalue weighted by Gasteiger charge is -2.38. The summed E-state index contributed by atoms with van der Waals surface area (Å²) in [4.78, 5) is 26.0. The molecule has 0 radical (unpaired) electrons. The molecule has 1 aromatic heterocycles. The van der Waals surface area contributed by atoms with Crippen LogP contribution in [0.4, 0.5) is 0 Å². The Kier molecular flexibility index (Phi) is 3.95. The fourth-order valence-electron chi connectivity index (χ4n) is 2.01. The predicted octanol–water partition coefficient (Wildman–Crippen LogP) is 2.17. The van der Waals surface area contributed by atoms with E-state index in [-0.39, 0.29) is 12.6 Å². The van der Waals surface area contributed by atoms with Crippen LogP contribution in [0.25, 0.3) is 5.57 Å². The zero-order valence-corrected chi connectivity index (χ0v) is 13.1. The number of amides is 1. The first kappa shape index (κ1) is 15.4. The molecule has 0 saturated carbocycles. The number of carbonyl (C=O) groups excluding carboxylic acids is 1. The minimum atomic E-state index is -1.35. The van der Waals surface area contributed by atoms with Crippen molar-refractivity contribution in [3.8, 4) is 5.75 Å². The molecule has 0 bridgehead atoms. The fraction of sp³-hybridized carbons (Fsp3) is 0.429. The first-order valence-electron chi connectivity index (χ1n) is 6.31. The molecular formula is C14H17NO5S. The average molecular weight is 311 g/mol. The van der Waals surface area contributed by atoms with Gasteiger partial charge in [-0.25, -0.2) is 4.79 Å². The van der Waals surface area contributed by atoms with E-state index in [1.54, 1.807) is 13.0 Å². The molecule has 2 rings (SSSR count). The second-order valence-corrected chi connectivity index (χ2v) is 6.04. The number of aliphatic carboxylic acids is 1. The maximum absolute atomic E-state index is 12.7. The van der Waals surface area contributed by atoms with E-state index in [2.05, 4.69) is 0 Å². The number of allylic oxidation sites excluding steroid dienone is 1. The minimum absolute atomic E-state index is 0.0822. The van der Waals surface area contributed by atoms with Crippen LogP contribution in [0.3, 0.4) is 0 Å². The first-order valence-corrected chi connectivity index (χ1v) is 7.19. The second-order valence-electron chi connectivity index (χ2n) is 5.12. The molecular weight excluding hydrogens is 294 g/mol. The number of rotatable bonds is 4. The number of ether oxygens (including phenoxy) is 2. The van der Waals surface area contributed by atoms with Crippen molar-refractivity contribution in [1.29, 1.82) is 0 Å². The van der Waals surface area contributed by atoms with Gasteiger partial charge in [0.05, 0.1) is 17.6 Å². The van der Waals surface area contributed by atoms with Gasteiger partial charge in [0.1, 0.15) is 17.0 Å². The number of thiophene rings is 1. The van der Waals surface area contributed by atoms with Gasteiger partial charge in [0, 0.05) is 0 Å². The number of carboxylic acid groups (broad SMARTS) is 1. The Balaban J connectivity index is 2.47.